The third kappa shape index (κ3) is 5.81. The number of amides is 2. The van der Waals surface area contributed by atoms with Gasteiger partial charge in [-0.15, -0.1) is 0 Å². The van der Waals surface area contributed by atoms with Gasteiger partial charge in [0.15, 0.2) is 0 Å². The minimum atomic E-state index is -0.339. The Morgan fingerprint density at radius 3 is 2.47 bits per heavy atom. The first-order valence-electron chi connectivity index (χ1n) is 10.5. The van der Waals surface area contributed by atoms with Crippen molar-refractivity contribution >= 4 is 11.8 Å². The summed E-state index contributed by atoms with van der Waals surface area (Å²) in [7, 11) is 0. The standard InChI is InChI=1S/C24H29FN2O3/c1-17(2)26-24(29)20-8-4-6-10-22(20)30-16-18-11-13-27(14-12-18)23(28)15-19-7-3-5-9-21(19)25/h3-10,17-18H,11-16H2,1-2H3,(H,26,29). The zero-order valence-electron chi connectivity index (χ0n) is 17.6. The van der Waals surface area contributed by atoms with Crippen LogP contribution in [-0.4, -0.2) is 42.5 Å². The Hall–Kier alpha value is -2.89. The van der Waals surface area contributed by atoms with Crippen molar-refractivity contribution < 1.29 is 18.7 Å². The van der Waals surface area contributed by atoms with Gasteiger partial charge in [-0.1, -0.05) is 30.3 Å². The topological polar surface area (TPSA) is 58.6 Å². The molecule has 1 heterocycles. The van der Waals surface area contributed by atoms with Crippen LogP contribution >= 0.6 is 0 Å². The van der Waals surface area contributed by atoms with Crippen molar-refractivity contribution in [3.63, 3.8) is 0 Å². The third-order valence-corrected chi connectivity index (χ3v) is 5.29. The number of nitrogens with one attached hydrogen (secondary N) is 1. The fraction of sp³-hybridized carbons (Fsp3) is 0.417. The number of hydrogen-bond donors (Lipinski definition) is 1. The summed E-state index contributed by atoms with van der Waals surface area (Å²) < 4.78 is 19.8. The molecule has 6 heteroatoms. The highest BCUT2D eigenvalue weighted by atomic mass is 19.1. The Labute approximate surface area is 177 Å². The molecule has 30 heavy (non-hydrogen) atoms. The number of piperidine rings is 1. The SMILES string of the molecule is CC(C)NC(=O)c1ccccc1OCC1CCN(C(=O)Cc2ccccc2F)CC1. The summed E-state index contributed by atoms with van der Waals surface area (Å²) in [4.78, 5) is 26.7. The Balaban J connectivity index is 1.49. The molecular weight excluding hydrogens is 383 g/mol. The summed E-state index contributed by atoms with van der Waals surface area (Å²) >= 11 is 0. The molecule has 160 valence electrons. The van der Waals surface area contributed by atoms with Crippen molar-refractivity contribution in [1.29, 1.82) is 0 Å². The van der Waals surface area contributed by atoms with Crippen LogP contribution in [-0.2, 0) is 11.2 Å². The molecule has 1 fully saturated rings. The van der Waals surface area contributed by atoms with Crippen LogP contribution in [0.3, 0.4) is 0 Å². The van der Waals surface area contributed by atoms with Crippen molar-refractivity contribution in [3.05, 3.63) is 65.5 Å². The molecule has 1 aliphatic rings. The van der Waals surface area contributed by atoms with E-state index in [1.807, 2.05) is 32.0 Å². The van der Waals surface area contributed by atoms with E-state index in [0.717, 1.165) is 12.8 Å². The van der Waals surface area contributed by atoms with E-state index >= 15 is 0 Å². The first kappa shape index (κ1) is 21.8. The summed E-state index contributed by atoms with van der Waals surface area (Å²) in [5.41, 5.74) is 0.966. The van der Waals surface area contributed by atoms with Gasteiger partial charge in [-0.3, -0.25) is 9.59 Å². The molecule has 3 rings (SSSR count). The van der Waals surface area contributed by atoms with Crippen LogP contribution in [0, 0.1) is 11.7 Å². The lowest BCUT2D eigenvalue weighted by Gasteiger charge is -2.32. The smallest absolute Gasteiger partial charge is 0.255 e. The summed E-state index contributed by atoms with van der Waals surface area (Å²) in [6, 6.07) is 13.7. The van der Waals surface area contributed by atoms with Gasteiger partial charge in [0.1, 0.15) is 11.6 Å². The second-order valence-corrected chi connectivity index (χ2v) is 8.03. The van der Waals surface area contributed by atoms with E-state index in [9.17, 15) is 14.0 Å². The van der Waals surface area contributed by atoms with E-state index in [0.29, 0.717) is 42.5 Å². The number of hydrogen-bond acceptors (Lipinski definition) is 3. The van der Waals surface area contributed by atoms with Crippen LogP contribution in [0.25, 0.3) is 0 Å². The molecular formula is C24H29FN2O3. The van der Waals surface area contributed by atoms with Gasteiger partial charge in [0.2, 0.25) is 5.91 Å². The van der Waals surface area contributed by atoms with Crippen molar-refractivity contribution in [3.8, 4) is 5.75 Å². The zero-order valence-corrected chi connectivity index (χ0v) is 17.6. The minimum absolute atomic E-state index is 0.0461. The maximum atomic E-state index is 13.8. The lowest BCUT2D eigenvalue weighted by Crippen LogP contribution is -2.40. The van der Waals surface area contributed by atoms with Crippen LogP contribution in [0.5, 0.6) is 5.75 Å². The van der Waals surface area contributed by atoms with Crippen LogP contribution in [0.2, 0.25) is 0 Å². The van der Waals surface area contributed by atoms with E-state index < -0.39 is 0 Å². The molecule has 0 unspecified atom stereocenters. The van der Waals surface area contributed by atoms with Crippen molar-refractivity contribution in [2.24, 2.45) is 5.92 Å². The second-order valence-electron chi connectivity index (χ2n) is 8.03. The zero-order chi connectivity index (χ0) is 21.5. The highest BCUT2D eigenvalue weighted by Crippen LogP contribution is 2.23. The van der Waals surface area contributed by atoms with E-state index in [4.69, 9.17) is 4.74 Å². The number of benzene rings is 2. The number of halogens is 1. The fourth-order valence-electron chi connectivity index (χ4n) is 3.59. The van der Waals surface area contributed by atoms with E-state index in [1.54, 1.807) is 29.2 Å². The third-order valence-electron chi connectivity index (χ3n) is 5.29. The van der Waals surface area contributed by atoms with E-state index in [2.05, 4.69) is 5.32 Å². The summed E-state index contributed by atoms with van der Waals surface area (Å²) in [6.07, 6.45) is 1.74. The molecule has 1 saturated heterocycles. The molecule has 5 nitrogen and oxygen atoms in total. The van der Waals surface area contributed by atoms with Crippen LogP contribution in [0.1, 0.15) is 42.6 Å². The normalized spacial score (nSPS) is 14.6. The fourth-order valence-corrected chi connectivity index (χ4v) is 3.59. The number of rotatable bonds is 7. The Bertz CT molecular complexity index is 876. The van der Waals surface area contributed by atoms with Crippen molar-refractivity contribution in [1.82, 2.24) is 10.2 Å². The summed E-state index contributed by atoms with van der Waals surface area (Å²) in [5, 5.41) is 2.89. The Kier molecular flexibility index (Phi) is 7.44. The first-order chi connectivity index (χ1) is 14.4. The summed E-state index contributed by atoms with van der Waals surface area (Å²) in [5.74, 6) is 0.357. The highest BCUT2D eigenvalue weighted by molar-refractivity contribution is 5.97. The second kappa shape index (κ2) is 10.2. The van der Waals surface area contributed by atoms with Crippen molar-refractivity contribution in [2.75, 3.05) is 19.7 Å². The van der Waals surface area contributed by atoms with E-state index in [1.165, 1.54) is 6.07 Å². The minimum Gasteiger partial charge on any atom is -0.492 e. The Morgan fingerprint density at radius 2 is 1.77 bits per heavy atom. The Morgan fingerprint density at radius 1 is 1.10 bits per heavy atom. The number of nitrogens with zero attached hydrogens (tertiary/aromatic N) is 1. The molecule has 1 aliphatic heterocycles. The molecule has 2 aromatic rings. The molecule has 1 N–H and O–H groups in total. The molecule has 2 amide bonds. The van der Waals surface area contributed by atoms with Gasteiger partial charge in [-0.2, -0.15) is 0 Å². The van der Waals surface area contributed by atoms with Crippen LogP contribution < -0.4 is 10.1 Å². The van der Waals surface area contributed by atoms with Gasteiger partial charge in [-0.25, -0.2) is 4.39 Å². The molecule has 0 atom stereocenters. The monoisotopic (exact) mass is 412 g/mol. The van der Waals surface area contributed by atoms with Gasteiger partial charge in [0, 0.05) is 19.1 Å². The number of ether oxygens (including phenoxy) is 1. The molecule has 0 saturated carbocycles. The first-order valence-corrected chi connectivity index (χ1v) is 10.5. The van der Waals surface area contributed by atoms with E-state index in [-0.39, 0.29) is 30.1 Å². The van der Waals surface area contributed by atoms with Gasteiger partial charge in [-0.05, 0) is 56.4 Å². The lowest BCUT2D eigenvalue weighted by atomic mass is 9.97. The average Bonchev–Trinajstić information content (AvgIpc) is 2.74. The van der Waals surface area contributed by atoms with Crippen LogP contribution in [0.4, 0.5) is 4.39 Å². The van der Waals surface area contributed by atoms with Gasteiger partial charge in [0.25, 0.3) is 5.91 Å². The maximum absolute atomic E-state index is 13.8. The molecule has 0 spiro atoms. The number of carbonyl (C=O) groups is 2. The van der Waals surface area contributed by atoms with Crippen LogP contribution in [0.15, 0.2) is 48.5 Å². The number of carbonyl (C=O) groups excluding carboxylic acids is 2. The number of para-hydroxylation sites is 1. The predicted molar refractivity (Wildman–Crippen MR) is 114 cm³/mol. The van der Waals surface area contributed by atoms with Gasteiger partial charge in [0.05, 0.1) is 18.6 Å². The average molecular weight is 413 g/mol. The van der Waals surface area contributed by atoms with Gasteiger partial charge < -0.3 is 15.0 Å². The molecule has 0 bridgehead atoms. The largest absolute Gasteiger partial charge is 0.492 e. The number of likely N-dealkylation sites (tertiary alicyclic amines) is 1. The quantitative estimate of drug-likeness (QED) is 0.752. The predicted octanol–water partition coefficient (Wildman–Crippen LogP) is 3.82. The lowest BCUT2D eigenvalue weighted by molar-refractivity contribution is -0.132. The highest BCUT2D eigenvalue weighted by Gasteiger charge is 2.24. The molecule has 2 aromatic carbocycles. The van der Waals surface area contributed by atoms with Crippen molar-refractivity contribution in [2.45, 2.75) is 39.2 Å². The van der Waals surface area contributed by atoms with Gasteiger partial charge >= 0.3 is 0 Å². The maximum Gasteiger partial charge on any atom is 0.255 e. The molecule has 0 radical (unpaired) electrons. The molecule has 0 aromatic heterocycles. The summed E-state index contributed by atoms with van der Waals surface area (Å²) in [6.45, 7) is 5.61. The molecule has 0 aliphatic carbocycles.